The first kappa shape index (κ1) is 10.2. The Balaban J connectivity index is 2.30. The Hall–Kier alpha value is -0.370. The van der Waals surface area contributed by atoms with E-state index in [2.05, 4.69) is 5.32 Å². The van der Waals surface area contributed by atoms with Crippen LogP contribution in [0.2, 0.25) is 0 Å². The summed E-state index contributed by atoms with van der Waals surface area (Å²) in [6.07, 6.45) is 3.81. The molecule has 4 heteroatoms. The zero-order valence-corrected chi connectivity index (χ0v) is 9.44. The standard InChI is InChI=1S/C10H8Cl3N/c11-10(12,13)9-6-5-7-3-1-2-4-8(7)14-9/h1-6,9,14H. The van der Waals surface area contributed by atoms with Crippen molar-refractivity contribution in [2.45, 2.75) is 9.83 Å². The molecule has 14 heavy (non-hydrogen) atoms. The van der Waals surface area contributed by atoms with Crippen molar-refractivity contribution in [2.75, 3.05) is 5.32 Å². The minimum absolute atomic E-state index is 0.276. The second kappa shape index (κ2) is 3.65. The summed E-state index contributed by atoms with van der Waals surface area (Å²) < 4.78 is -1.32. The van der Waals surface area contributed by atoms with Crippen molar-refractivity contribution in [1.82, 2.24) is 0 Å². The fourth-order valence-corrected chi connectivity index (χ4v) is 1.76. The van der Waals surface area contributed by atoms with Gasteiger partial charge in [0.1, 0.15) is 0 Å². The molecule has 2 rings (SSSR count). The summed E-state index contributed by atoms with van der Waals surface area (Å²) in [7, 11) is 0. The van der Waals surface area contributed by atoms with Crippen LogP contribution in [-0.2, 0) is 0 Å². The lowest BCUT2D eigenvalue weighted by atomic mass is 10.1. The van der Waals surface area contributed by atoms with Crippen LogP contribution in [0.15, 0.2) is 30.3 Å². The molecule has 1 nitrogen and oxygen atoms in total. The molecule has 1 unspecified atom stereocenters. The summed E-state index contributed by atoms with van der Waals surface area (Å²) in [4.78, 5) is 0. The number of benzene rings is 1. The summed E-state index contributed by atoms with van der Waals surface area (Å²) in [5, 5.41) is 3.15. The Bertz CT molecular complexity index is 368. The quantitative estimate of drug-likeness (QED) is 0.688. The number of fused-ring (bicyclic) bond motifs is 1. The monoisotopic (exact) mass is 247 g/mol. The molecule has 1 aliphatic rings. The lowest BCUT2D eigenvalue weighted by Gasteiger charge is -2.27. The number of halogens is 3. The molecular formula is C10H8Cl3N. The highest BCUT2D eigenvalue weighted by Crippen LogP contribution is 2.36. The van der Waals surface area contributed by atoms with Crippen LogP contribution in [0, 0.1) is 0 Å². The van der Waals surface area contributed by atoms with Crippen LogP contribution in [0.25, 0.3) is 6.08 Å². The SMILES string of the molecule is ClC(Cl)(Cl)C1C=Cc2ccccc2N1. The topological polar surface area (TPSA) is 12.0 Å². The van der Waals surface area contributed by atoms with Gasteiger partial charge in [-0.05, 0) is 11.6 Å². The third-order valence-corrected chi connectivity index (χ3v) is 2.80. The van der Waals surface area contributed by atoms with Crippen LogP contribution in [0.1, 0.15) is 5.56 Å². The lowest BCUT2D eigenvalue weighted by Crippen LogP contribution is -2.33. The van der Waals surface area contributed by atoms with E-state index in [-0.39, 0.29) is 6.04 Å². The first-order chi connectivity index (χ1) is 6.57. The second-order valence-corrected chi connectivity index (χ2v) is 5.48. The predicted molar refractivity (Wildman–Crippen MR) is 63.2 cm³/mol. The van der Waals surface area contributed by atoms with E-state index in [4.69, 9.17) is 34.8 Å². The van der Waals surface area contributed by atoms with Crippen molar-refractivity contribution in [3.05, 3.63) is 35.9 Å². The molecule has 1 aromatic carbocycles. The van der Waals surface area contributed by atoms with Crippen molar-refractivity contribution in [3.8, 4) is 0 Å². The molecule has 1 aliphatic heterocycles. The minimum Gasteiger partial charge on any atom is -0.374 e. The Labute approximate surface area is 97.7 Å². The number of alkyl halides is 3. The maximum Gasteiger partial charge on any atom is 0.213 e. The number of hydrogen-bond donors (Lipinski definition) is 1. The normalized spacial score (nSPS) is 20.1. The van der Waals surface area contributed by atoms with Crippen molar-refractivity contribution in [2.24, 2.45) is 0 Å². The molecular weight excluding hydrogens is 240 g/mol. The van der Waals surface area contributed by atoms with Crippen LogP contribution in [0.4, 0.5) is 5.69 Å². The Morgan fingerprint density at radius 1 is 1.14 bits per heavy atom. The largest absolute Gasteiger partial charge is 0.374 e. The van der Waals surface area contributed by atoms with Gasteiger partial charge in [0, 0.05) is 5.69 Å². The number of anilines is 1. The van der Waals surface area contributed by atoms with Gasteiger partial charge in [0.05, 0.1) is 6.04 Å². The van der Waals surface area contributed by atoms with Gasteiger partial charge >= 0.3 is 0 Å². The van der Waals surface area contributed by atoms with Crippen molar-refractivity contribution < 1.29 is 0 Å². The van der Waals surface area contributed by atoms with E-state index in [0.29, 0.717) is 0 Å². The molecule has 1 heterocycles. The smallest absolute Gasteiger partial charge is 0.213 e. The van der Waals surface area contributed by atoms with E-state index in [1.807, 2.05) is 36.4 Å². The average Bonchev–Trinajstić information content (AvgIpc) is 2.16. The van der Waals surface area contributed by atoms with Gasteiger partial charge in [-0.25, -0.2) is 0 Å². The fraction of sp³-hybridized carbons (Fsp3) is 0.200. The van der Waals surface area contributed by atoms with Crippen molar-refractivity contribution >= 4 is 46.6 Å². The summed E-state index contributed by atoms with van der Waals surface area (Å²) in [5.74, 6) is 0. The molecule has 0 aromatic heterocycles. The Morgan fingerprint density at radius 3 is 2.57 bits per heavy atom. The van der Waals surface area contributed by atoms with E-state index in [9.17, 15) is 0 Å². The van der Waals surface area contributed by atoms with Crippen LogP contribution < -0.4 is 5.32 Å². The molecule has 74 valence electrons. The molecule has 0 amide bonds. The van der Waals surface area contributed by atoms with Crippen LogP contribution >= 0.6 is 34.8 Å². The van der Waals surface area contributed by atoms with E-state index in [0.717, 1.165) is 11.3 Å². The molecule has 0 radical (unpaired) electrons. The van der Waals surface area contributed by atoms with Gasteiger partial charge in [0.15, 0.2) is 0 Å². The molecule has 1 aromatic rings. The Morgan fingerprint density at radius 2 is 1.86 bits per heavy atom. The number of rotatable bonds is 0. The van der Waals surface area contributed by atoms with Gasteiger partial charge in [-0.3, -0.25) is 0 Å². The highest BCUT2D eigenvalue weighted by Gasteiger charge is 2.32. The highest BCUT2D eigenvalue weighted by molar-refractivity contribution is 6.68. The molecule has 0 spiro atoms. The van der Waals surface area contributed by atoms with E-state index in [1.165, 1.54) is 0 Å². The zero-order valence-electron chi connectivity index (χ0n) is 7.18. The summed E-state index contributed by atoms with van der Waals surface area (Å²) in [6.45, 7) is 0. The zero-order chi connectivity index (χ0) is 10.2. The van der Waals surface area contributed by atoms with E-state index < -0.39 is 3.79 Å². The number of para-hydroxylation sites is 1. The van der Waals surface area contributed by atoms with Crippen LogP contribution in [0.5, 0.6) is 0 Å². The van der Waals surface area contributed by atoms with Crippen LogP contribution in [-0.4, -0.2) is 9.83 Å². The average molecular weight is 249 g/mol. The summed E-state index contributed by atoms with van der Waals surface area (Å²) in [6, 6.07) is 7.61. The van der Waals surface area contributed by atoms with Gasteiger partial charge < -0.3 is 5.32 Å². The first-order valence-corrected chi connectivity index (χ1v) is 5.31. The van der Waals surface area contributed by atoms with E-state index >= 15 is 0 Å². The van der Waals surface area contributed by atoms with Gasteiger partial charge in [0.2, 0.25) is 3.79 Å². The van der Waals surface area contributed by atoms with Crippen molar-refractivity contribution in [1.29, 1.82) is 0 Å². The fourth-order valence-electron chi connectivity index (χ4n) is 1.38. The number of hydrogen-bond acceptors (Lipinski definition) is 1. The minimum atomic E-state index is -1.32. The second-order valence-electron chi connectivity index (χ2n) is 3.11. The number of nitrogens with one attached hydrogen (secondary N) is 1. The molecule has 0 saturated carbocycles. The van der Waals surface area contributed by atoms with Crippen LogP contribution in [0.3, 0.4) is 0 Å². The van der Waals surface area contributed by atoms with Gasteiger partial charge in [-0.15, -0.1) is 0 Å². The third kappa shape index (κ3) is 2.00. The highest BCUT2D eigenvalue weighted by atomic mass is 35.6. The van der Waals surface area contributed by atoms with Gasteiger partial charge in [0.25, 0.3) is 0 Å². The molecule has 0 saturated heterocycles. The lowest BCUT2D eigenvalue weighted by molar-refractivity contribution is 0.901. The maximum atomic E-state index is 5.80. The predicted octanol–water partition coefficient (Wildman–Crippen LogP) is 3.86. The van der Waals surface area contributed by atoms with E-state index in [1.54, 1.807) is 0 Å². The Kier molecular flexibility index (Phi) is 2.65. The first-order valence-electron chi connectivity index (χ1n) is 4.18. The molecule has 0 fully saturated rings. The summed E-state index contributed by atoms with van der Waals surface area (Å²) >= 11 is 17.4. The summed E-state index contributed by atoms with van der Waals surface area (Å²) in [5.41, 5.74) is 2.10. The molecule has 0 aliphatic carbocycles. The van der Waals surface area contributed by atoms with Gasteiger partial charge in [-0.2, -0.15) is 0 Å². The van der Waals surface area contributed by atoms with Gasteiger partial charge in [-0.1, -0.05) is 65.2 Å². The van der Waals surface area contributed by atoms with Crippen molar-refractivity contribution in [3.63, 3.8) is 0 Å². The maximum absolute atomic E-state index is 5.80. The molecule has 1 N–H and O–H groups in total. The third-order valence-electron chi connectivity index (χ3n) is 2.09. The molecule has 0 bridgehead atoms. The molecule has 1 atom stereocenters.